The normalized spacial score (nSPS) is 11.2. The molecule has 2 aromatic carbocycles. The quantitative estimate of drug-likeness (QED) is 0.396. The number of pyridine rings is 1. The van der Waals surface area contributed by atoms with Gasteiger partial charge in [0.1, 0.15) is 18.1 Å². The second-order valence-electron chi connectivity index (χ2n) is 5.97. The van der Waals surface area contributed by atoms with Crippen molar-refractivity contribution in [3.05, 3.63) is 89.1 Å². The lowest BCUT2D eigenvalue weighted by Crippen LogP contribution is -2.35. The molecule has 0 aliphatic rings. The van der Waals surface area contributed by atoms with E-state index >= 15 is 0 Å². The topological polar surface area (TPSA) is 65.3 Å². The molecule has 0 unspecified atom stereocenters. The van der Waals surface area contributed by atoms with E-state index in [2.05, 4.69) is 10.1 Å². The lowest BCUT2D eigenvalue weighted by atomic mass is 10.0. The van der Waals surface area contributed by atoms with Crippen LogP contribution in [0.25, 0.3) is 11.1 Å². The van der Waals surface area contributed by atoms with Gasteiger partial charge in [0.05, 0.1) is 5.56 Å². The Hall–Kier alpha value is -3.62. The van der Waals surface area contributed by atoms with Gasteiger partial charge in [0.2, 0.25) is 5.69 Å². The maximum atomic E-state index is 14.1. The van der Waals surface area contributed by atoms with Crippen molar-refractivity contribution < 1.29 is 31.8 Å². The molecule has 150 valence electrons. The minimum Gasteiger partial charge on any atom is -0.618 e. The number of ether oxygens (including phenoxy) is 1. The summed E-state index contributed by atoms with van der Waals surface area (Å²) in [5, 5.41) is 14.1. The van der Waals surface area contributed by atoms with Crippen LogP contribution in [-0.4, -0.2) is 12.3 Å². The molecule has 3 aromatic rings. The van der Waals surface area contributed by atoms with Gasteiger partial charge in [0.25, 0.3) is 5.91 Å². The van der Waals surface area contributed by atoms with Crippen LogP contribution < -0.4 is 14.8 Å². The zero-order valence-corrected chi connectivity index (χ0v) is 14.7. The van der Waals surface area contributed by atoms with Crippen molar-refractivity contribution in [2.45, 2.75) is 12.9 Å². The Morgan fingerprint density at radius 2 is 1.72 bits per heavy atom. The van der Waals surface area contributed by atoms with Gasteiger partial charge in [0, 0.05) is 12.1 Å². The van der Waals surface area contributed by atoms with E-state index in [0.717, 1.165) is 18.2 Å². The second-order valence-corrected chi connectivity index (χ2v) is 5.97. The summed E-state index contributed by atoms with van der Waals surface area (Å²) in [5.41, 5.74) is 0.909. The number of halogens is 4. The first kappa shape index (κ1) is 20.1. The van der Waals surface area contributed by atoms with E-state index in [-0.39, 0.29) is 17.8 Å². The van der Waals surface area contributed by atoms with Gasteiger partial charge in [-0.3, -0.25) is 4.79 Å². The van der Waals surface area contributed by atoms with Gasteiger partial charge in [-0.15, -0.1) is 13.2 Å². The lowest BCUT2D eigenvalue weighted by Gasteiger charge is -2.11. The summed E-state index contributed by atoms with van der Waals surface area (Å²) < 4.78 is 55.2. The Kier molecular flexibility index (Phi) is 5.67. The highest BCUT2D eigenvalue weighted by Crippen LogP contribution is 2.27. The molecule has 0 spiro atoms. The van der Waals surface area contributed by atoms with Crippen LogP contribution in [0.15, 0.2) is 66.9 Å². The number of carbonyl (C=O) groups is 1. The molecule has 0 saturated carbocycles. The third-order valence-electron chi connectivity index (χ3n) is 3.97. The molecule has 1 heterocycles. The molecule has 9 heteroatoms. The summed E-state index contributed by atoms with van der Waals surface area (Å²) in [4.78, 5) is 12.3. The predicted molar refractivity (Wildman–Crippen MR) is 95.1 cm³/mol. The average molecular weight is 406 g/mol. The molecule has 0 saturated heterocycles. The van der Waals surface area contributed by atoms with E-state index in [0.29, 0.717) is 15.9 Å². The van der Waals surface area contributed by atoms with E-state index in [1.54, 1.807) is 6.07 Å². The average Bonchev–Trinajstić information content (AvgIpc) is 2.67. The summed E-state index contributed by atoms with van der Waals surface area (Å²) in [6.07, 6.45) is -3.53. The first-order chi connectivity index (χ1) is 13.7. The minimum absolute atomic E-state index is 0.101. The largest absolute Gasteiger partial charge is 0.618 e. The van der Waals surface area contributed by atoms with Crippen LogP contribution in [0, 0.1) is 11.0 Å². The maximum Gasteiger partial charge on any atom is 0.573 e. The molecule has 0 aliphatic heterocycles. The zero-order valence-electron chi connectivity index (χ0n) is 14.7. The third-order valence-corrected chi connectivity index (χ3v) is 3.97. The molecular weight excluding hydrogens is 392 g/mol. The molecule has 0 radical (unpaired) electrons. The fraction of sp³-hybridized carbons (Fsp3) is 0.100. The first-order valence-electron chi connectivity index (χ1n) is 8.34. The molecule has 1 N–H and O–H groups in total. The molecule has 3 rings (SSSR count). The van der Waals surface area contributed by atoms with Crippen molar-refractivity contribution >= 4 is 5.91 Å². The van der Waals surface area contributed by atoms with Gasteiger partial charge in [-0.05, 0) is 41.5 Å². The minimum atomic E-state index is -4.80. The molecule has 0 fully saturated rings. The number of amides is 1. The highest BCUT2D eigenvalue weighted by atomic mass is 19.4. The smallest absolute Gasteiger partial charge is 0.573 e. The number of carbonyl (C=O) groups excluding carboxylic acids is 1. The van der Waals surface area contributed by atoms with Crippen LogP contribution in [0.4, 0.5) is 17.6 Å². The van der Waals surface area contributed by atoms with E-state index in [9.17, 15) is 27.6 Å². The van der Waals surface area contributed by atoms with E-state index < -0.39 is 23.8 Å². The number of rotatable bonds is 5. The van der Waals surface area contributed by atoms with Gasteiger partial charge >= 0.3 is 6.36 Å². The lowest BCUT2D eigenvalue weighted by molar-refractivity contribution is -0.614. The van der Waals surface area contributed by atoms with Crippen molar-refractivity contribution in [2.75, 3.05) is 0 Å². The van der Waals surface area contributed by atoms with Gasteiger partial charge in [-0.25, -0.2) is 4.39 Å². The SMILES string of the molecule is O=C(NCc1cccc[n+]1[O-])c1cc(-c2ccc(OC(F)(F)F)cc2)ccc1F. The summed E-state index contributed by atoms with van der Waals surface area (Å²) >= 11 is 0. The summed E-state index contributed by atoms with van der Waals surface area (Å²) in [6.45, 7) is -0.101. The summed E-state index contributed by atoms with van der Waals surface area (Å²) in [6, 6.07) is 13.4. The zero-order chi connectivity index (χ0) is 21.0. The number of benzene rings is 2. The Bertz CT molecular complexity index is 1020. The van der Waals surface area contributed by atoms with Crippen LogP contribution in [0.5, 0.6) is 5.75 Å². The van der Waals surface area contributed by atoms with E-state index in [1.165, 1.54) is 42.6 Å². The Morgan fingerprint density at radius 1 is 1.03 bits per heavy atom. The molecule has 0 atom stereocenters. The molecule has 1 amide bonds. The molecular formula is C20H14F4N2O3. The van der Waals surface area contributed by atoms with Crippen LogP contribution in [0.1, 0.15) is 16.1 Å². The highest BCUT2D eigenvalue weighted by molar-refractivity contribution is 5.95. The van der Waals surface area contributed by atoms with Crippen LogP contribution >= 0.6 is 0 Å². The van der Waals surface area contributed by atoms with E-state index in [1.807, 2.05) is 0 Å². The van der Waals surface area contributed by atoms with Crippen LogP contribution in [0.2, 0.25) is 0 Å². The summed E-state index contributed by atoms with van der Waals surface area (Å²) in [7, 11) is 0. The number of nitrogens with one attached hydrogen (secondary N) is 1. The number of alkyl halides is 3. The number of hydrogen-bond acceptors (Lipinski definition) is 3. The molecule has 5 nitrogen and oxygen atoms in total. The fourth-order valence-corrected chi connectivity index (χ4v) is 2.59. The van der Waals surface area contributed by atoms with Gasteiger partial charge < -0.3 is 15.3 Å². The molecule has 0 bridgehead atoms. The first-order valence-corrected chi connectivity index (χ1v) is 8.34. The molecule has 0 aliphatic carbocycles. The standard InChI is InChI=1S/C20H14F4N2O3/c21-18-9-6-14(13-4-7-16(8-5-13)29-20(22,23)24)11-17(18)19(27)25-12-15-3-1-2-10-26(15)28/h1-11H,12H2,(H,25,27). The van der Waals surface area contributed by atoms with Crippen molar-refractivity contribution in [3.63, 3.8) is 0 Å². The van der Waals surface area contributed by atoms with Crippen molar-refractivity contribution in [1.29, 1.82) is 0 Å². The monoisotopic (exact) mass is 406 g/mol. The molecule has 29 heavy (non-hydrogen) atoms. The number of nitrogens with zero attached hydrogens (tertiary/aromatic N) is 1. The Labute approximate surface area is 162 Å². The van der Waals surface area contributed by atoms with Gasteiger partial charge in [-0.1, -0.05) is 18.2 Å². The van der Waals surface area contributed by atoms with Crippen LogP contribution in [-0.2, 0) is 6.54 Å². The third kappa shape index (κ3) is 5.22. The van der Waals surface area contributed by atoms with Crippen LogP contribution in [0.3, 0.4) is 0 Å². The van der Waals surface area contributed by atoms with Gasteiger partial charge in [-0.2, -0.15) is 4.73 Å². The second kappa shape index (κ2) is 8.17. The summed E-state index contributed by atoms with van der Waals surface area (Å²) in [5.74, 6) is -1.90. The number of aromatic nitrogens is 1. The van der Waals surface area contributed by atoms with Crippen molar-refractivity contribution in [1.82, 2.24) is 5.32 Å². The van der Waals surface area contributed by atoms with Crippen molar-refractivity contribution in [2.24, 2.45) is 0 Å². The van der Waals surface area contributed by atoms with Gasteiger partial charge in [0.15, 0.2) is 6.20 Å². The number of hydrogen-bond donors (Lipinski definition) is 1. The molecule has 1 aromatic heterocycles. The maximum absolute atomic E-state index is 14.1. The van der Waals surface area contributed by atoms with Crippen molar-refractivity contribution in [3.8, 4) is 16.9 Å². The fourth-order valence-electron chi connectivity index (χ4n) is 2.59. The van der Waals surface area contributed by atoms with E-state index in [4.69, 9.17) is 0 Å². The Morgan fingerprint density at radius 3 is 2.38 bits per heavy atom. The highest BCUT2D eigenvalue weighted by Gasteiger charge is 2.31. The Balaban J connectivity index is 1.77. The predicted octanol–water partition coefficient (Wildman–Crippen LogP) is 3.95.